The van der Waals surface area contributed by atoms with Crippen LogP contribution < -0.4 is 0 Å². The van der Waals surface area contributed by atoms with Gasteiger partial charge in [-0.05, 0) is 49.2 Å². The van der Waals surface area contributed by atoms with Crippen molar-refractivity contribution in [1.82, 2.24) is 15.0 Å². The molecule has 5 heteroatoms. The van der Waals surface area contributed by atoms with Crippen LogP contribution in [0.15, 0.2) is 83.3 Å². The first-order valence-corrected chi connectivity index (χ1v) is 10.9. The molecular weight excluding hydrogens is 418 g/mol. The number of furan rings is 1. The molecule has 2 aromatic heterocycles. The number of rotatable bonds is 3. The fourth-order valence-corrected chi connectivity index (χ4v) is 4.25. The first-order chi connectivity index (χ1) is 15.7. The molecule has 5 aromatic rings. The second-order valence-electron chi connectivity index (χ2n) is 7.79. The summed E-state index contributed by atoms with van der Waals surface area (Å²) in [5, 5.41) is 1.86. The van der Waals surface area contributed by atoms with E-state index in [4.69, 9.17) is 31.0 Å². The van der Waals surface area contributed by atoms with Crippen LogP contribution in [0.25, 0.3) is 45.4 Å². The highest BCUT2D eigenvalue weighted by molar-refractivity contribution is 6.30. The van der Waals surface area contributed by atoms with Gasteiger partial charge < -0.3 is 4.42 Å². The molecule has 0 aliphatic heterocycles. The van der Waals surface area contributed by atoms with Gasteiger partial charge in [0.25, 0.3) is 0 Å². The van der Waals surface area contributed by atoms with Crippen LogP contribution >= 0.6 is 11.6 Å². The predicted molar refractivity (Wildman–Crippen MR) is 128 cm³/mol. The maximum Gasteiger partial charge on any atom is 0.164 e. The van der Waals surface area contributed by atoms with Crippen molar-refractivity contribution in [3.8, 4) is 22.8 Å². The summed E-state index contributed by atoms with van der Waals surface area (Å²) in [6.45, 7) is 0. The minimum atomic E-state index is 0.627. The van der Waals surface area contributed by atoms with Gasteiger partial charge in [-0.3, -0.25) is 0 Å². The van der Waals surface area contributed by atoms with E-state index in [1.807, 2.05) is 72.8 Å². The fraction of sp³-hybridized carbons (Fsp3) is 0.0741. The summed E-state index contributed by atoms with van der Waals surface area (Å²) < 4.78 is 6.12. The van der Waals surface area contributed by atoms with Crippen LogP contribution in [0, 0.1) is 0 Å². The normalized spacial score (nSPS) is 13.1. The van der Waals surface area contributed by atoms with Gasteiger partial charge in [0.15, 0.2) is 17.5 Å². The molecule has 1 aliphatic rings. The van der Waals surface area contributed by atoms with Crippen LogP contribution in [0.3, 0.4) is 0 Å². The number of benzene rings is 3. The predicted octanol–water partition coefficient (Wildman–Crippen LogP) is 7.09. The van der Waals surface area contributed by atoms with E-state index in [-0.39, 0.29) is 0 Å². The molecule has 0 unspecified atom stereocenters. The van der Waals surface area contributed by atoms with E-state index in [1.54, 1.807) is 0 Å². The third-order valence-electron chi connectivity index (χ3n) is 5.74. The molecule has 2 heterocycles. The second-order valence-corrected chi connectivity index (χ2v) is 8.23. The SMILES string of the molecule is Clc1ccc(-c2nc(C3=Cc4oc5ccccc5c4CC3)nc(-c3ccccc3)n2)cc1. The zero-order valence-corrected chi connectivity index (χ0v) is 17.9. The van der Waals surface area contributed by atoms with Crippen LogP contribution in [-0.2, 0) is 6.42 Å². The van der Waals surface area contributed by atoms with E-state index < -0.39 is 0 Å². The number of aromatic nitrogens is 3. The van der Waals surface area contributed by atoms with Crippen molar-refractivity contribution in [2.24, 2.45) is 0 Å². The molecule has 0 saturated carbocycles. The number of halogens is 1. The van der Waals surface area contributed by atoms with Crippen LogP contribution in [0.2, 0.25) is 5.02 Å². The molecule has 0 atom stereocenters. The lowest BCUT2D eigenvalue weighted by molar-refractivity contribution is 0.596. The lowest BCUT2D eigenvalue weighted by Crippen LogP contribution is -2.05. The average molecular weight is 436 g/mol. The van der Waals surface area contributed by atoms with Gasteiger partial charge >= 0.3 is 0 Å². The summed E-state index contributed by atoms with van der Waals surface area (Å²) in [7, 11) is 0. The first-order valence-electron chi connectivity index (χ1n) is 10.5. The summed E-state index contributed by atoms with van der Waals surface area (Å²) in [6.07, 6.45) is 3.81. The van der Waals surface area contributed by atoms with Gasteiger partial charge in [0.1, 0.15) is 11.3 Å². The molecule has 32 heavy (non-hydrogen) atoms. The van der Waals surface area contributed by atoms with E-state index in [9.17, 15) is 0 Å². The summed E-state index contributed by atoms with van der Waals surface area (Å²) >= 11 is 6.09. The lowest BCUT2D eigenvalue weighted by Gasteiger charge is -2.14. The minimum Gasteiger partial charge on any atom is -0.456 e. The van der Waals surface area contributed by atoms with Crippen molar-refractivity contribution in [2.75, 3.05) is 0 Å². The zero-order chi connectivity index (χ0) is 21.5. The van der Waals surface area contributed by atoms with Gasteiger partial charge in [0.2, 0.25) is 0 Å². The Balaban J connectivity index is 1.51. The van der Waals surface area contributed by atoms with Crippen molar-refractivity contribution >= 4 is 34.2 Å². The molecule has 0 N–H and O–H groups in total. The Labute approximate surface area is 190 Å². The van der Waals surface area contributed by atoms with Crippen molar-refractivity contribution < 1.29 is 4.42 Å². The van der Waals surface area contributed by atoms with E-state index >= 15 is 0 Å². The van der Waals surface area contributed by atoms with Gasteiger partial charge in [-0.2, -0.15) is 0 Å². The number of hydrogen-bond acceptors (Lipinski definition) is 4. The monoisotopic (exact) mass is 435 g/mol. The van der Waals surface area contributed by atoms with Crippen LogP contribution in [-0.4, -0.2) is 15.0 Å². The maximum absolute atomic E-state index is 6.12. The van der Waals surface area contributed by atoms with Crippen LogP contribution in [0.5, 0.6) is 0 Å². The highest BCUT2D eigenvalue weighted by Gasteiger charge is 2.21. The quantitative estimate of drug-likeness (QED) is 0.303. The Morgan fingerprint density at radius 1 is 0.656 bits per heavy atom. The molecule has 4 nitrogen and oxygen atoms in total. The van der Waals surface area contributed by atoms with Crippen LogP contribution in [0.4, 0.5) is 0 Å². The summed E-state index contributed by atoms with van der Waals surface area (Å²) in [6, 6.07) is 25.7. The zero-order valence-electron chi connectivity index (χ0n) is 17.1. The summed E-state index contributed by atoms with van der Waals surface area (Å²) in [5.74, 6) is 2.84. The Kier molecular flexibility index (Phi) is 4.58. The van der Waals surface area contributed by atoms with E-state index in [1.165, 1.54) is 10.9 Å². The minimum absolute atomic E-state index is 0.627. The first kappa shape index (κ1) is 19.0. The fourth-order valence-electron chi connectivity index (χ4n) is 4.12. The molecule has 0 bridgehead atoms. The van der Waals surface area contributed by atoms with Crippen molar-refractivity contribution in [3.05, 3.63) is 101 Å². The molecule has 1 aliphatic carbocycles. The number of allylic oxidation sites excluding steroid dienone is 1. The Morgan fingerprint density at radius 2 is 1.31 bits per heavy atom. The molecule has 6 rings (SSSR count). The molecule has 0 radical (unpaired) electrons. The van der Waals surface area contributed by atoms with Crippen molar-refractivity contribution in [2.45, 2.75) is 12.8 Å². The standard InChI is InChI=1S/C27H18ClN3O/c28-20-13-10-18(11-14-20)26-29-25(17-6-2-1-3-7-17)30-27(31-26)19-12-15-22-21-8-4-5-9-23(21)32-24(22)16-19/h1-11,13-14,16H,12,15H2. The van der Waals surface area contributed by atoms with E-state index in [2.05, 4.69) is 12.1 Å². The van der Waals surface area contributed by atoms with Crippen molar-refractivity contribution in [3.63, 3.8) is 0 Å². The van der Waals surface area contributed by atoms with E-state index in [0.29, 0.717) is 22.5 Å². The summed E-state index contributed by atoms with van der Waals surface area (Å²) in [5.41, 5.74) is 5.06. The number of para-hydroxylation sites is 1. The molecule has 0 spiro atoms. The topological polar surface area (TPSA) is 51.8 Å². The third-order valence-corrected chi connectivity index (χ3v) is 5.99. The second kappa shape index (κ2) is 7.74. The Hall–Kier alpha value is -3.76. The molecule has 0 amide bonds. The van der Waals surface area contributed by atoms with Gasteiger partial charge in [0.05, 0.1) is 0 Å². The van der Waals surface area contributed by atoms with Gasteiger partial charge in [-0.1, -0.05) is 60.1 Å². The Morgan fingerprint density at radius 3 is 2.09 bits per heavy atom. The largest absolute Gasteiger partial charge is 0.456 e. The number of fused-ring (bicyclic) bond motifs is 3. The van der Waals surface area contributed by atoms with Gasteiger partial charge in [-0.25, -0.2) is 15.0 Å². The lowest BCUT2D eigenvalue weighted by atomic mass is 9.95. The average Bonchev–Trinajstić information content (AvgIpc) is 3.23. The van der Waals surface area contributed by atoms with Gasteiger partial charge in [0, 0.05) is 32.7 Å². The van der Waals surface area contributed by atoms with Gasteiger partial charge in [-0.15, -0.1) is 0 Å². The Bertz CT molecular complexity index is 1470. The van der Waals surface area contributed by atoms with Crippen LogP contribution in [0.1, 0.15) is 23.6 Å². The van der Waals surface area contributed by atoms with Crippen molar-refractivity contribution in [1.29, 1.82) is 0 Å². The smallest absolute Gasteiger partial charge is 0.164 e. The molecule has 0 fully saturated rings. The molecule has 154 valence electrons. The molecular formula is C27H18ClN3O. The highest BCUT2D eigenvalue weighted by Crippen LogP contribution is 2.36. The summed E-state index contributed by atoms with van der Waals surface area (Å²) in [4.78, 5) is 14.4. The number of hydrogen-bond donors (Lipinski definition) is 0. The maximum atomic E-state index is 6.12. The third kappa shape index (κ3) is 3.39. The molecule has 3 aromatic carbocycles. The van der Waals surface area contributed by atoms with E-state index in [0.717, 1.165) is 40.9 Å². The number of aryl methyl sites for hydroxylation is 1. The molecule has 0 saturated heterocycles. The number of nitrogens with zero attached hydrogens (tertiary/aromatic N) is 3. The highest BCUT2D eigenvalue weighted by atomic mass is 35.5.